The van der Waals surface area contributed by atoms with Crippen LogP contribution >= 0.6 is 12.1 Å². The normalized spacial score (nSPS) is 10.8. The van der Waals surface area contributed by atoms with Crippen molar-refractivity contribution < 1.29 is 22.8 Å². The van der Waals surface area contributed by atoms with Crippen molar-refractivity contribution in [1.29, 1.82) is 0 Å². The Morgan fingerprint density at radius 2 is 1.62 bits per heavy atom. The highest BCUT2D eigenvalue weighted by atomic mass is 32.2. The van der Waals surface area contributed by atoms with E-state index in [1.165, 1.54) is 6.20 Å². The van der Waals surface area contributed by atoms with E-state index in [1.54, 1.807) is 12.1 Å². The topological polar surface area (TPSA) is 75.8 Å². The number of hydrogen-bond acceptors (Lipinski definition) is 7. The van der Waals surface area contributed by atoms with Crippen LogP contribution in [0.25, 0.3) is 0 Å². The van der Waals surface area contributed by atoms with Gasteiger partial charge in [0.1, 0.15) is 18.8 Å². The summed E-state index contributed by atoms with van der Waals surface area (Å²) in [6.07, 6.45) is 1.51. The third kappa shape index (κ3) is 8.84. The van der Waals surface area contributed by atoms with Crippen molar-refractivity contribution in [2.75, 3.05) is 52.8 Å². The van der Waals surface area contributed by atoms with Crippen LogP contribution in [0.1, 0.15) is 0 Å². The highest BCUT2D eigenvalue weighted by molar-refractivity contribution is 7.94. The minimum absolute atomic E-state index is 0.0617. The quantitative estimate of drug-likeness (QED) is 0.551. The van der Waals surface area contributed by atoms with Crippen molar-refractivity contribution in [2.24, 2.45) is 5.73 Å². The number of hydrogen-bond donors (Lipinski definition) is 1. The molecule has 0 spiro atoms. The van der Waals surface area contributed by atoms with Crippen LogP contribution in [-0.2, 0) is 14.2 Å². The summed E-state index contributed by atoms with van der Waals surface area (Å²) < 4.78 is 33.7. The summed E-state index contributed by atoms with van der Waals surface area (Å²) in [5.41, 5.74) is 5.27. The summed E-state index contributed by atoms with van der Waals surface area (Å²) in [5.74, 6) is 0.418. The lowest BCUT2D eigenvalue weighted by Gasteiger charge is -2.09. The Morgan fingerprint density at radius 1 is 1.00 bits per heavy atom. The van der Waals surface area contributed by atoms with Gasteiger partial charge in [-0.2, -0.15) is 3.89 Å². The minimum atomic E-state index is 0.0617. The van der Waals surface area contributed by atoms with Gasteiger partial charge in [-0.15, -0.1) is 0 Å². The molecule has 21 heavy (non-hydrogen) atoms. The highest BCUT2D eigenvalue weighted by Gasteiger charge is 2.04. The molecule has 0 atom stereocenters. The minimum Gasteiger partial charge on any atom is -0.488 e. The number of pyridine rings is 1. The molecule has 0 saturated carbocycles. The molecule has 0 fully saturated rings. The second-order valence-electron chi connectivity index (χ2n) is 3.86. The van der Waals surface area contributed by atoms with Gasteiger partial charge in [-0.3, -0.25) is 0 Å². The lowest BCUT2D eigenvalue weighted by Crippen LogP contribution is -2.14. The Bertz CT molecular complexity index is 374. The van der Waals surface area contributed by atoms with Crippen LogP contribution in [0.3, 0.4) is 0 Å². The number of rotatable bonds is 13. The number of halogens is 1. The fourth-order valence-corrected chi connectivity index (χ4v) is 1.68. The van der Waals surface area contributed by atoms with Crippen LogP contribution in [0.5, 0.6) is 5.75 Å². The highest BCUT2D eigenvalue weighted by Crippen LogP contribution is 2.26. The fraction of sp³-hybridized carbons (Fsp3) is 0.615. The molecule has 0 unspecified atom stereocenters. The van der Waals surface area contributed by atoms with Gasteiger partial charge in [0.25, 0.3) is 0 Å². The van der Waals surface area contributed by atoms with E-state index < -0.39 is 0 Å². The molecule has 0 saturated heterocycles. The Kier molecular flexibility index (Phi) is 11.0. The molecule has 1 aromatic rings. The van der Waals surface area contributed by atoms with Gasteiger partial charge in [0, 0.05) is 12.7 Å². The SMILES string of the molecule is NCCOCCOCCOCCOc1cccnc1SF. The maximum atomic E-state index is 12.5. The number of nitrogens with zero attached hydrogens (tertiary/aromatic N) is 1. The predicted octanol–water partition coefficient (Wildman–Crippen LogP) is 1.45. The molecular weight excluding hydrogens is 299 g/mol. The monoisotopic (exact) mass is 320 g/mol. The predicted molar refractivity (Wildman–Crippen MR) is 78.2 cm³/mol. The molecule has 2 N–H and O–H groups in total. The number of aromatic nitrogens is 1. The molecule has 0 radical (unpaired) electrons. The van der Waals surface area contributed by atoms with E-state index in [4.69, 9.17) is 24.7 Å². The first-order valence-corrected chi connectivity index (χ1v) is 7.40. The van der Waals surface area contributed by atoms with E-state index in [-0.39, 0.29) is 17.2 Å². The molecule has 120 valence electrons. The first-order valence-electron chi connectivity index (χ1n) is 6.68. The lowest BCUT2D eigenvalue weighted by molar-refractivity contribution is 0.0104. The molecule has 1 rings (SSSR count). The van der Waals surface area contributed by atoms with Gasteiger partial charge in [0.15, 0.2) is 10.8 Å². The molecule has 0 aliphatic carbocycles. The van der Waals surface area contributed by atoms with Crippen molar-refractivity contribution in [3.63, 3.8) is 0 Å². The van der Waals surface area contributed by atoms with Crippen molar-refractivity contribution in [3.05, 3.63) is 18.3 Å². The third-order valence-electron chi connectivity index (χ3n) is 2.30. The molecule has 0 bridgehead atoms. The molecule has 1 heterocycles. The second-order valence-corrected chi connectivity index (χ2v) is 4.40. The van der Waals surface area contributed by atoms with Gasteiger partial charge in [0.2, 0.25) is 0 Å². The average Bonchev–Trinajstić information content (AvgIpc) is 2.53. The first kappa shape index (κ1) is 18.1. The van der Waals surface area contributed by atoms with Crippen LogP contribution in [0.2, 0.25) is 0 Å². The molecule has 0 aliphatic heterocycles. The molecule has 8 heteroatoms. The Morgan fingerprint density at radius 3 is 2.24 bits per heavy atom. The van der Waals surface area contributed by atoms with E-state index in [1.807, 2.05) is 0 Å². The van der Waals surface area contributed by atoms with Crippen molar-refractivity contribution in [3.8, 4) is 5.75 Å². The Labute approximate surface area is 128 Å². The average molecular weight is 320 g/mol. The maximum absolute atomic E-state index is 12.5. The zero-order valence-electron chi connectivity index (χ0n) is 11.8. The molecule has 0 aliphatic rings. The van der Waals surface area contributed by atoms with E-state index in [0.29, 0.717) is 58.5 Å². The maximum Gasteiger partial charge on any atom is 0.171 e. The summed E-state index contributed by atoms with van der Waals surface area (Å²) in [7, 11) is 0. The largest absolute Gasteiger partial charge is 0.488 e. The van der Waals surface area contributed by atoms with Gasteiger partial charge >= 0.3 is 0 Å². The molecular formula is C13H21FN2O4S. The molecule has 0 aromatic carbocycles. The summed E-state index contributed by atoms with van der Waals surface area (Å²) in [6.45, 7) is 3.81. The summed E-state index contributed by atoms with van der Waals surface area (Å²) >= 11 is 0.0617. The lowest BCUT2D eigenvalue weighted by atomic mass is 10.5. The van der Waals surface area contributed by atoms with Crippen molar-refractivity contribution in [2.45, 2.75) is 5.03 Å². The van der Waals surface area contributed by atoms with Crippen LogP contribution < -0.4 is 10.5 Å². The summed E-state index contributed by atoms with van der Waals surface area (Å²) in [4.78, 5) is 3.85. The van der Waals surface area contributed by atoms with Crippen LogP contribution in [-0.4, -0.2) is 57.8 Å². The van der Waals surface area contributed by atoms with Crippen LogP contribution in [0.15, 0.2) is 23.4 Å². The van der Waals surface area contributed by atoms with Crippen LogP contribution in [0.4, 0.5) is 3.89 Å². The van der Waals surface area contributed by atoms with E-state index >= 15 is 0 Å². The van der Waals surface area contributed by atoms with E-state index in [0.717, 1.165) is 0 Å². The summed E-state index contributed by atoms with van der Waals surface area (Å²) in [6, 6.07) is 3.36. The molecule has 0 amide bonds. The first-order chi connectivity index (χ1) is 10.4. The standard InChI is InChI=1S/C13H21FN2O4S/c14-21-13-12(2-1-4-16-13)20-11-10-19-9-8-18-7-6-17-5-3-15/h1-2,4H,3,5-11,15H2. The van der Waals surface area contributed by atoms with E-state index in [9.17, 15) is 3.89 Å². The van der Waals surface area contributed by atoms with Crippen molar-refractivity contribution in [1.82, 2.24) is 4.98 Å². The molecule has 6 nitrogen and oxygen atoms in total. The smallest absolute Gasteiger partial charge is 0.171 e. The van der Waals surface area contributed by atoms with Crippen molar-refractivity contribution >= 4 is 12.1 Å². The number of nitrogens with two attached hydrogens (primary N) is 1. The zero-order chi connectivity index (χ0) is 15.2. The van der Waals surface area contributed by atoms with Gasteiger partial charge in [-0.25, -0.2) is 4.98 Å². The second kappa shape index (κ2) is 12.8. The fourth-order valence-electron chi connectivity index (χ4n) is 1.38. The van der Waals surface area contributed by atoms with E-state index in [2.05, 4.69) is 4.98 Å². The van der Waals surface area contributed by atoms with Gasteiger partial charge < -0.3 is 24.7 Å². The Balaban J connectivity index is 1.93. The molecule has 1 aromatic heterocycles. The zero-order valence-corrected chi connectivity index (χ0v) is 12.6. The third-order valence-corrected chi connectivity index (χ3v) is 2.75. The summed E-state index contributed by atoms with van der Waals surface area (Å²) in [5, 5.41) is 0.221. The van der Waals surface area contributed by atoms with Gasteiger partial charge in [-0.1, -0.05) is 0 Å². The van der Waals surface area contributed by atoms with Gasteiger partial charge in [-0.05, 0) is 12.1 Å². The van der Waals surface area contributed by atoms with Gasteiger partial charge in [0.05, 0.1) is 39.6 Å². The Hall–Kier alpha value is -0.930. The van der Waals surface area contributed by atoms with Crippen LogP contribution in [0, 0.1) is 0 Å². The number of ether oxygens (including phenoxy) is 4.